The molecule has 0 bridgehead atoms. The molecule has 0 atom stereocenters. The van der Waals surface area contributed by atoms with Crippen molar-refractivity contribution in [3.8, 4) is 0 Å². The van der Waals surface area contributed by atoms with Gasteiger partial charge < -0.3 is 4.74 Å². The van der Waals surface area contributed by atoms with E-state index in [4.69, 9.17) is 4.74 Å². The highest BCUT2D eigenvalue weighted by atomic mass is 79.9. The molecule has 0 fully saturated rings. The minimum absolute atomic E-state index is 0.656. The molecule has 0 saturated carbocycles. The van der Waals surface area contributed by atoms with Crippen molar-refractivity contribution in [3.63, 3.8) is 0 Å². The third-order valence-electron chi connectivity index (χ3n) is 2.18. The van der Waals surface area contributed by atoms with Crippen LogP contribution in [-0.2, 0) is 17.9 Å². The Morgan fingerprint density at radius 1 is 1.19 bits per heavy atom. The van der Waals surface area contributed by atoms with E-state index in [0.29, 0.717) is 13.2 Å². The largest absolute Gasteiger partial charge is 0.375 e. The quantitative estimate of drug-likeness (QED) is 0.788. The average Bonchev–Trinajstić information content (AvgIpc) is 2.72. The Labute approximate surface area is 103 Å². The maximum atomic E-state index is 5.56. The maximum absolute atomic E-state index is 5.56. The van der Waals surface area contributed by atoms with Crippen molar-refractivity contribution in [2.75, 3.05) is 6.61 Å². The Bertz CT molecular complexity index is 428. The lowest BCUT2D eigenvalue weighted by Gasteiger charge is -2.04. The maximum Gasteiger partial charge on any atom is 0.128 e. The van der Waals surface area contributed by atoms with Crippen molar-refractivity contribution in [3.05, 3.63) is 52.8 Å². The van der Waals surface area contributed by atoms with E-state index in [0.717, 1.165) is 11.1 Å². The molecule has 0 aliphatic carbocycles. The van der Waals surface area contributed by atoms with Gasteiger partial charge in [0.25, 0.3) is 0 Å². The fourth-order valence-corrected chi connectivity index (χ4v) is 1.71. The van der Waals surface area contributed by atoms with Crippen molar-refractivity contribution in [1.29, 1.82) is 0 Å². The molecule has 0 N–H and O–H groups in total. The first kappa shape index (κ1) is 11.4. The zero-order valence-electron chi connectivity index (χ0n) is 8.84. The van der Waals surface area contributed by atoms with Gasteiger partial charge in [-0.1, -0.05) is 30.3 Å². The summed E-state index contributed by atoms with van der Waals surface area (Å²) in [6.45, 7) is 2.10. The van der Waals surface area contributed by atoms with Crippen LogP contribution in [0.1, 0.15) is 5.56 Å². The fourth-order valence-electron chi connectivity index (χ4n) is 1.38. The molecular weight excluding hydrogens is 268 g/mol. The molecule has 84 valence electrons. The number of benzene rings is 1. The van der Waals surface area contributed by atoms with E-state index in [-0.39, 0.29) is 0 Å². The molecule has 2 aromatic rings. The minimum Gasteiger partial charge on any atom is -0.375 e. The highest BCUT2D eigenvalue weighted by molar-refractivity contribution is 9.10. The third-order valence-corrected chi connectivity index (χ3v) is 2.61. The summed E-state index contributed by atoms with van der Waals surface area (Å²) in [6.07, 6.45) is 1.93. The van der Waals surface area contributed by atoms with E-state index < -0.39 is 0 Å². The van der Waals surface area contributed by atoms with Gasteiger partial charge in [0.15, 0.2) is 0 Å². The Morgan fingerprint density at radius 3 is 2.69 bits per heavy atom. The van der Waals surface area contributed by atoms with E-state index in [1.54, 1.807) is 0 Å². The second-order valence-corrected chi connectivity index (χ2v) is 4.25. The van der Waals surface area contributed by atoms with Gasteiger partial charge in [0, 0.05) is 6.20 Å². The van der Waals surface area contributed by atoms with Gasteiger partial charge >= 0.3 is 0 Å². The van der Waals surface area contributed by atoms with Gasteiger partial charge in [-0.25, -0.2) is 0 Å². The van der Waals surface area contributed by atoms with Crippen LogP contribution in [0, 0.1) is 0 Å². The van der Waals surface area contributed by atoms with E-state index >= 15 is 0 Å². The van der Waals surface area contributed by atoms with Gasteiger partial charge in [0.1, 0.15) is 4.60 Å². The molecule has 1 heterocycles. The van der Waals surface area contributed by atoms with Crippen molar-refractivity contribution in [2.24, 2.45) is 0 Å². The summed E-state index contributed by atoms with van der Waals surface area (Å²) >= 11 is 3.31. The number of hydrogen-bond acceptors (Lipinski definition) is 2. The van der Waals surface area contributed by atoms with Crippen LogP contribution in [0.25, 0.3) is 0 Å². The second-order valence-electron chi connectivity index (χ2n) is 3.44. The summed E-state index contributed by atoms with van der Waals surface area (Å²) in [7, 11) is 0. The monoisotopic (exact) mass is 280 g/mol. The molecule has 3 nitrogen and oxygen atoms in total. The Kier molecular flexibility index (Phi) is 4.13. The zero-order chi connectivity index (χ0) is 11.2. The first-order valence-electron chi connectivity index (χ1n) is 5.15. The molecule has 0 spiro atoms. The van der Waals surface area contributed by atoms with Gasteiger partial charge in [0.05, 0.1) is 19.8 Å². The van der Waals surface area contributed by atoms with E-state index in [1.807, 2.05) is 35.1 Å². The lowest BCUT2D eigenvalue weighted by Crippen LogP contribution is -2.06. The first-order valence-corrected chi connectivity index (χ1v) is 5.94. The third kappa shape index (κ3) is 3.47. The molecule has 0 amide bonds. The molecule has 0 aliphatic rings. The van der Waals surface area contributed by atoms with Crippen LogP contribution in [0.2, 0.25) is 0 Å². The van der Waals surface area contributed by atoms with Crippen LogP contribution in [0.4, 0.5) is 0 Å². The van der Waals surface area contributed by atoms with Crippen molar-refractivity contribution >= 4 is 15.9 Å². The number of halogens is 1. The van der Waals surface area contributed by atoms with E-state index in [9.17, 15) is 0 Å². The molecule has 1 aromatic heterocycles. The smallest absolute Gasteiger partial charge is 0.128 e. The lowest BCUT2D eigenvalue weighted by atomic mass is 10.2. The molecule has 0 unspecified atom stereocenters. The molecule has 4 heteroatoms. The van der Waals surface area contributed by atoms with E-state index in [2.05, 4.69) is 33.2 Å². The van der Waals surface area contributed by atoms with Gasteiger partial charge in [-0.3, -0.25) is 4.68 Å². The van der Waals surface area contributed by atoms with Crippen LogP contribution >= 0.6 is 15.9 Å². The molecule has 16 heavy (non-hydrogen) atoms. The van der Waals surface area contributed by atoms with Gasteiger partial charge in [-0.2, -0.15) is 5.10 Å². The van der Waals surface area contributed by atoms with Crippen molar-refractivity contribution in [2.45, 2.75) is 13.2 Å². The highest BCUT2D eigenvalue weighted by Crippen LogP contribution is 2.04. The molecular formula is C12H13BrN2O. The predicted molar refractivity (Wildman–Crippen MR) is 66.0 cm³/mol. The average molecular weight is 281 g/mol. The summed E-state index contributed by atoms with van der Waals surface area (Å²) in [5.41, 5.74) is 1.20. The SMILES string of the molecule is Brc1ccn(CCOCc2ccccc2)n1. The lowest BCUT2D eigenvalue weighted by molar-refractivity contribution is 0.111. The van der Waals surface area contributed by atoms with Gasteiger partial charge in [-0.15, -0.1) is 0 Å². The molecule has 0 radical (unpaired) electrons. The Morgan fingerprint density at radius 2 is 2.00 bits per heavy atom. The minimum atomic E-state index is 0.656. The van der Waals surface area contributed by atoms with Crippen LogP contribution in [0.5, 0.6) is 0 Å². The Hall–Kier alpha value is -1.13. The zero-order valence-corrected chi connectivity index (χ0v) is 10.4. The summed E-state index contributed by atoms with van der Waals surface area (Å²) in [5, 5.41) is 4.21. The molecule has 0 aliphatic heterocycles. The summed E-state index contributed by atoms with van der Waals surface area (Å²) < 4.78 is 8.27. The van der Waals surface area contributed by atoms with Gasteiger partial charge in [-0.05, 0) is 27.6 Å². The summed E-state index contributed by atoms with van der Waals surface area (Å²) in [5.74, 6) is 0. The number of rotatable bonds is 5. The van der Waals surface area contributed by atoms with Crippen LogP contribution in [0.15, 0.2) is 47.2 Å². The first-order chi connectivity index (χ1) is 7.84. The molecule has 0 saturated heterocycles. The van der Waals surface area contributed by atoms with Crippen LogP contribution in [0.3, 0.4) is 0 Å². The Balaban J connectivity index is 1.69. The van der Waals surface area contributed by atoms with Crippen LogP contribution < -0.4 is 0 Å². The number of nitrogens with zero attached hydrogens (tertiary/aromatic N) is 2. The molecule has 1 aromatic carbocycles. The predicted octanol–water partition coefficient (Wildman–Crippen LogP) is 2.86. The van der Waals surface area contributed by atoms with Gasteiger partial charge in [0.2, 0.25) is 0 Å². The summed E-state index contributed by atoms with van der Waals surface area (Å²) in [4.78, 5) is 0. The standard InChI is InChI=1S/C12H13BrN2O/c13-12-6-7-15(14-12)8-9-16-10-11-4-2-1-3-5-11/h1-7H,8-10H2. The fraction of sp³-hybridized carbons (Fsp3) is 0.250. The van der Waals surface area contributed by atoms with Crippen molar-refractivity contribution in [1.82, 2.24) is 9.78 Å². The summed E-state index contributed by atoms with van der Waals surface area (Å²) in [6, 6.07) is 12.1. The number of aromatic nitrogens is 2. The highest BCUT2D eigenvalue weighted by Gasteiger charge is 1.95. The topological polar surface area (TPSA) is 27.1 Å². The van der Waals surface area contributed by atoms with E-state index in [1.165, 1.54) is 5.56 Å². The second kappa shape index (κ2) is 5.82. The van der Waals surface area contributed by atoms with Crippen LogP contribution in [-0.4, -0.2) is 16.4 Å². The molecule has 2 rings (SSSR count). The van der Waals surface area contributed by atoms with Crippen molar-refractivity contribution < 1.29 is 4.74 Å². The number of hydrogen-bond donors (Lipinski definition) is 0. The normalized spacial score (nSPS) is 10.6. The number of ether oxygens (including phenoxy) is 1.